The number of aryl methyl sites for hydroxylation is 1. The summed E-state index contributed by atoms with van der Waals surface area (Å²) < 4.78 is 0.931. The number of anilines is 1. The fourth-order valence-electron chi connectivity index (χ4n) is 2.37. The summed E-state index contributed by atoms with van der Waals surface area (Å²) in [5.74, 6) is -0.307. The van der Waals surface area contributed by atoms with Crippen molar-refractivity contribution in [1.82, 2.24) is 5.32 Å². The summed E-state index contributed by atoms with van der Waals surface area (Å²) in [6.07, 6.45) is 1.79. The summed E-state index contributed by atoms with van der Waals surface area (Å²) in [5.41, 5.74) is 1.97. The van der Waals surface area contributed by atoms with Crippen molar-refractivity contribution in [3.8, 4) is 0 Å². The van der Waals surface area contributed by atoms with Gasteiger partial charge in [-0.15, -0.1) is 0 Å². The summed E-state index contributed by atoms with van der Waals surface area (Å²) in [6.45, 7) is 2.09. The van der Waals surface area contributed by atoms with Crippen LogP contribution in [0, 0.1) is 0 Å². The number of carbonyl (C=O) groups excluding carboxylic acids is 2. The molecule has 0 aromatic heterocycles. The van der Waals surface area contributed by atoms with E-state index in [2.05, 4.69) is 33.4 Å². The van der Waals surface area contributed by atoms with Crippen molar-refractivity contribution in [2.24, 2.45) is 0 Å². The van der Waals surface area contributed by atoms with Gasteiger partial charge in [0.25, 0.3) is 0 Å². The van der Waals surface area contributed by atoms with Crippen LogP contribution in [0.4, 0.5) is 5.69 Å². The van der Waals surface area contributed by atoms with Crippen LogP contribution < -0.4 is 10.2 Å². The minimum absolute atomic E-state index is 0.0301. The maximum absolute atomic E-state index is 12.1. The molecule has 0 aliphatic carbocycles. The maximum Gasteiger partial charge on any atom is 0.240 e. The highest BCUT2D eigenvalue weighted by atomic mass is 79.9. The second-order valence-corrected chi connectivity index (χ2v) is 6.44. The molecule has 0 saturated heterocycles. The van der Waals surface area contributed by atoms with Crippen molar-refractivity contribution in [3.05, 3.63) is 64.6 Å². The largest absolute Gasteiger partial charge is 0.355 e. The Hall–Kier alpha value is -2.14. The molecular formula is C19H21BrN2O2. The number of hydrogen-bond acceptors (Lipinski definition) is 2. The van der Waals surface area contributed by atoms with Gasteiger partial charge in [0.1, 0.15) is 6.54 Å². The van der Waals surface area contributed by atoms with Crippen molar-refractivity contribution in [1.29, 1.82) is 0 Å². The molecular weight excluding hydrogens is 368 g/mol. The third-order valence-corrected chi connectivity index (χ3v) is 4.16. The number of amides is 2. The first-order chi connectivity index (χ1) is 11.6. The van der Waals surface area contributed by atoms with Crippen molar-refractivity contribution in [2.45, 2.75) is 19.8 Å². The molecule has 0 aliphatic rings. The summed E-state index contributed by atoms with van der Waals surface area (Å²) in [7, 11) is 0. The zero-order valence-corrected chi connectivity index (χ0v) is 15.3. The molecule has 0 radical (unpaired) electrons. The van der Waals surface area contributed by atoms with Crippen LogP contribution in [-0.4, -0.2) is 24.9 Å². The Kier molecular flexibility index (Phi) is 7.00. The maximum atomic E-state index is 12.1. The molecule has 126 valence electrons. The van der Waals surface area contributed by atoms with Crippen LogP contribution in [0.25, 0.3) is 0 Å². The molecule has 0 bridgehead atoms. The van der Waals surface area contributed by atoms with E-state index in [1.54, 1.807) is 0 Å². The lowest BCUT2D eigenvalue weighted by Crippen LogP contribution is -2.40. The lowest BCUT2D eigenvalue weighted by atomic mass is 10.1. The molecule has 0 fully saturated rings. The van der Waals surface area contributed by atoms with Crippen molar-refractivity contribution < 1.29 is 9.59 Å². The molecule has 0 unspecified atom stereocenters. The lowest BCUT2D eigenvalue weighted by molar-refractivity contribution is -0.123. The van der Waals surface area contributed by atoms with Gasteiger partial charge >= 0.3 is 0 Å². The van der Waals surface area contributed by atoms with Gasteiger partial charge in [-0.2, -0.15) is 0 Å². The van der Waals surface area contributed by atoms with Gasteiger partial charge in [-0.05, 0) is 42.7 Å². The molecule has 2 rings (SSSR count). The normalized spacial score (nSPS) is 10.2. The fourth-order valence-corrected chi connectivity index (χ4v) is 2.63. The van der Waals surface area contributed by atoms with Gasteiger partial charge in [0.05, 0.1) is 0 Å². The predicted molar refractivity (Wildman–Crippen MR) is 99.9 cm³/mol. The number of halogens is 1. The van der Waals surface area contributed by atoms with Gasteiger partial charge < -0.3 is 10.2 Å². The molecule has 0 saturated carbocycles. The average molecular weight is 389 g/mol. The molecule has 2 amide bonds. The van der Waals surface area contributed by atoms with Gasteiger partial charge in [0, 0.05) is 23.6 Å². The third-order valence-electron chi connectivity index (χ3n) is 3.63. The van der Waals surface area contributed by atoms with Crippen LogP contribution >= 0.6 is 15.9 Å². The number of nitrogens with zero attached hydrogens (tertiary/aromatic N) is 1. The van der Waals surface area contributed by atoms with Gasteiger partial charge in [-0.25, -0.2) is 0 Å². The second kappa shape index (κ2) is 9.23. The van der Waals surface area contributed by atoms with Crippen molar-refractivity contribution in [3.63, 3.8) is 0 Å². The smallest absolute Gasteiger partial charge is 0.240 e. The number of benzene rings is 2. The third kappa shape index (κ3) is 5.81. The minimum Gasteiger partial charge on any atom is -0.355 e. The zero-order chi connectivity index (χ0) is 17.4. The minimum atomic E-state index is -0.156. The summed E-state index contributed by atoms with van der Waals surface area (Å²) in [6, 6.07) is 17.5. The summed E-state index contributed by atoms with van der Waals surface area (Å²) in [5, 5.41) is 2.88. The highest BCUT2D eigenvalue weighted by Gasteiger charge is 2.15. The first-order valence-corrected chi connectivity index (χ1v) is 8.70. The van der Waals surface area contributed by atoms with Gasteiger partial charge in [-0.3, -0.25) is 9.59 Å². The molecule has 5 heteroatoms. The Morgan fingerprint density at radius 3 is 2.33 bits per heavy atom. The lowest BCUT2D eigenvalue weighted by Gasteiger charge is -2.20. The highest BCUT2D eigenvalue weighted by molar-refractivity contribution is 9.10. The van der Waals surface area contributed by atoms with Crippen LogP contribution in [-0.2, 0) is 16.0 Å². The Labute approximate surface area is 151 Å². The molecule has 1 N–H and O–H groups in total. The van der Waals surface area contributed by atoms with E-state index in [0.29, 0.717) is 12.2 Å². The number of carbonyl (C=O) groups is 2. The van der Waals surface area contributed by atoms with Crippen molar-refractivity contribution >= 4 is 33.4 Å². The van der Waals surface area contributed by atoms with Crippen LogP contribution in [0.3, 0.4) is 0 Å². The van der Waals surface area contributed by atoms with E-state index < -0.39 is 0 Å². The Morgan fingerprint density at radius 1 is 1.04 bits per heavy atom. The monoisotopic (exact) mass is 388 g/mol. The van der Waals surface area contributed by atoms with Crippen LogP contribution in [0.5, 0.6) is 0 Å². The standard InChI is InChI=1S/C19H21BrN2O2/c1-15(23)22(18-11-9-17(20)10-12-18)14-19(24)21-13-5-8-16-6-3-2-4-7-16/h2-4,6-7,9-12H,5,8,13-14H2,1H3,(H,21,24). The number of nitrogens with one attached hydrogen (secondary N) is 1. The average Bonchev–Trinajstić information content (AvgIpc) is 2.58. The van der Waals surface area contributed by atoms with E-state index in [1.807, 2.05) is 42.5 Å². The SMILES string of the molecule is CC(=O)N(CC(=O)NCCCc1ccccc1)c1ccc(Br)cc1. The molecule has 24 heavy (non-hydrogen) atoms. The van der Waals surface area contributed by atoms with Crippen molar-refractivity contribution in [2.75, 3.05) is 18.0 Å². The molecule has 0 heterocycles. The Morgan fingerprint density at radius 2 is 1.71 bits per heavy atom. The Bertz CT molecular complexity index is 672. The molecule has 0 atom stereocenters. The van der Waals surface area contributed by atoms with Crippen LogP contribution in [0.1, 0.15) is 18.9 Å². The van der Waals surface area contributed by atoms with Gasteiger partial charge in [-0.1, -0.05) is 46.3 Å². The second-order valence-electron chi connectivity index (χ2n) is 5.52. The quantitative estimate of drug-likeness (QED) is 0.737. The van der Waals surface area contributed by atoms with E-state index in [9.17, 15) is 9.59 Å². The van der Waals surface area contributed by atoms with E-state index >= 15 is 0 Å². The van der Waals surface area contributed by atoms with Crippen LogP contribution in [0.2, 0.25) is 0 Å². The van der Waals surface area contributed by atoms with Gasteiger partial charge in [0.2, 0.25) is 11.8 Å². The molecule has 0 spiro atoms. The first kappa shape index (κ1) is 18.2. The van der Waals surface area contributed by atoms with Crippen LogP contribution in [0.15, 0.2) is 59.1 Å². The Balaban J connectivity index is 1.80. The molecule has 0 aliphatic heterocycles. The predicted octanol–water partition coefficient (Wildman–Crippen LogP) is 3.55. The molecule has 2 aromatic carbocycles. The molecule has 2 aromatic rings. The molecule has 4 nitrogen and oxygen atoms in total. The zero-order valence-electron chi connectivity index (χ0n) is 13.7. The van der Waals surface area contributed by atoms with E-state index in [1.165, 1.54) is 17.4 Å². The summed E-state index contributed by atoms with van der Waals surface area (Å²) >= 11 is 3.36. The van der Waals surface area contributed by atoms with E-state index in [-0.39, 0.29) is 18.4 Å². The topological polar surface area (TPSA) is 49.4 Å². The first-order valence-electron chi connectivity index (χ1n) is 7.90. The van der Waals surface area contributed by atoms with E-state index in [0.717, 1.165) is 17.3 Å². The number of rotatable bonds is 7. The fraction of sp³-hybridized carbons (Fsp3) is 0.263. The highest BCUT2D eigenvalue weighted by Crippen LogP contribution is 2.18. The number of hydrogen-bond donors (Lipinski definition) is 1. The van der Waals surface area contributed by atoms with E-state index in [4.69, 9.17) is 0 Å². The van der Waals surface area contributed by atoms with Gasteiger partial charge in [0.15, 0.2) is 0 Å². The summed E-state index contributed by atoms with van der Waals surface area (Å²) in [4.78, 5) is 25.4.